The molecule has 74 valence electrons. The van der Waals surface area contributed by atoms with Crippen molar-refractivity contribution in [2.45, 2.75) is 12.5 Å². The summed E-state index contributed by atoms with van der Waals surface area (Å²) in [5, 5.41) is 3.02. The van der Waals surface area contributed by atoms with Gasteiger partial charge in [0.15, 0.2) is 0 Å². The molecular weight excluding hydrogens is 198 g/mol. The van der Waals surface area contributed by atoms with Crippen molar-refractivity contribution in [1.29, 1.82) is 0 Å². The Kier molecular flexibility index (Phi) is 2.93. The third-order valence-corrected chi connectivity index (χ3v) is 2.81. The Balaban J connectivity index is 2.08. The summed E-state index contributed by atoms with van der Waals surface area (Å²) in [6.45, 7) is 0. The number of rotatable bonds is 4. The van der Waals surface area contributed by atoms with Crippen LogP contribution in [-0.4, -0.2) is 4.98 Å². The lowest BCUT2D eigenvalue weighted by molar-refractivity contribution is 0.525. The number of nitrogens with zero attached hydrogens (tertiary/aromatic N) is 1. The molecule has 0 aliphatic rings. The van der Waals surface area contributed by atoms with E-state index < -0.39 is 0 Å². The van der Waals surface area contributed by atoms with Crippen LogP contribution in [0.3, 0.4) is 0 Å². The number of hydrogen-bond donors (Lipinski definition) is 2. The predicted molar refractivity (Wildman–Crippen MR) is 54.6 cm³/mol. The van der Waals surface area contributed by atoms with E-state index in [0.29, 0.717) is 0 Å². The van der Waals surface area contributed by atoms with E-state index in [1.165, 1.54) is 0 Å². The highest BCUT2D eigenvalue weighted by molar-refractivity contribution is 7.09. The Morgan fingerprint density at radius 2 is 2.57 bits per heavy atom. The second kappa shape index (κ2) is 4.36. The van der Waals surface area contributed by atoms with E-state index in [4.69, 9.17) is 10.3 Å². The first-order valence-corrected chi connectivity index (χ1v) is 5.14. The highest BCUT2D eigenvalue weighted by Crippen LogP contribution is 2.18. The average molecular weight is 209 g/mol. The van der Waals surface area contributed by atoms with E-state index >= 15 is 0 Å². The molecule has 0 fully saturated rings. The molecule has 5 heteroatoms. The predicted octanol–water partition coefficient (Wildman–Crippen LogP) is 1.48. The van der Waals surface area contributed by atoms with Crippen LogP contribution in [0, 0.1) is 0 Å². The minimum atomic E-state index is 0.0694. The number of furan rings is 1. The molecule has 0 spiro atoms. The zero-order valence-electron chi connectivity index (χ0n) is 7.51. The average Bonchev–Trinajstić information content (AvgIpc) is 2.86. The zero-order valence-corrected chi connectivity index (χ0v) is 8.33. The van der Waals surface area contributed by atoms with Crippen LogP contribution in [0.25, 0.3) is 0 Å². The second-order valence-electron chi connectivity index (χ2n) is 2.91. The molecular formula is C9H11N3OS. The van der Waals surface area contributed by atoms with Gasteiger partial charge in [0.25, 0.3) is 0 Å². The molecule has 1 atom stereocenters. The van der Waals surface area contributed by atoms with E-state index in [-0.39, 0.29) is 6.04 Å². The van der Waals surface area contributed by atoms with Crippen LogP contribution < -0.4 is 11.3 Å². The Labute approximate surface area is 85.7 Å². The summed E-state index contributed by atoms with van der Waals surface area (Å²) in [7, 11) is 0. The number of aromatic nitrogens is 1. The van der Waals surface area contributed by atoms with Gasteiger partial charge < -0.3 is 4.42 Å². The van der Waals surface area contributed by atoms with Crippen molar-refractivity contribution in [3.05, 3.63) is 40.7 Å². The van der Waals surface area contributed by atoms with Crippen molar-refractivity contribution in [3.8, 4) is 0 Å². The minimum Gasteiger partial charge on any atom is -0.472 e. The van der Waals surface area contributed by atoms with Gasteiger partial charge in [0, 0.05) is 23.6 Å². The molecule has 14 heavy (non-hydrogen) atoms. The highest BCUT2D eigenvalue weighted by atomic mass is 32.1. The SMILES string of the molecule is NNC(Cc1nccs1)c1ccoc1. The molecule has 2 aromatic rings. The fraction of sp³-hybridized carbons (Fsp3) is 0.222. The van der Waals surface area contributed by atoms with Gasteiger partial charge >= 0.3 is 0 Å². The molecule has 3 N–H and O–H groups in total. The minimum absolute atomic E-state index is 0.0694. The molecule has 0 radical (unpaired) electrons. The number of hydrazine groups is 1. The monoisotopic (exact) mass is 209 g/mol. The first-order valence-electron chi connectivity index (χ1n) is 4.26. The molecule has 0 aliphatic carbocycles. The maximum atomic E-state index is 5.47. The number of thiazole rings is 1. The van der Waals surface area contributed by atoms with Crippen molar-refractivity contribution in [1.82, 2.24) is 10.4 Å². The Bertz CT molecular complexity index is 357. The van der Waals surface area contributed by atoms with Crippen molar-refractivity contribution < 1.29 is 4.42 Å². The normalized spacial score (nSPS) is 12.9. The first-order chi connectivity index (χ1) is 6.90. The molecule has 0 aromatic carbocycles. The van der Waals surface area contributed by atoms with Gasteiger partial charge in [-0.3, -0.25) is 11.3 Å². The topological polar surface area (TPSA) is 64.1 Å². The van der Waals surface area contributed by atoms with Crippen LogP contribution in [0.4, 0.5) is 0 Å². The molecule has 2 aromatic heterocycles. The van der Waals surface area contributed by atoms with Crippen LogP contribution in [0.2, 0.25) is 0 Å². The van der Waals surface area contributed by atoms with Gasteiger partial charge in [-0.2, -0.15) is 0 Å². The van der Waals surface area contributed by atoms with E-state index in [0.717, 1.165) is 17.0 Å². The summed E-state index contributed by atoms with van der Waals surface area (Å²) in [6.07, 6.45) is 5.91. The smallest absolute Gasteiger partial charge is 0.0951 e. The third-order valence-electron chi connectivity index (χ3n) is 2.01. The maximum absolute atomic E-state index is 5.47. The number of hydrogen-bond acceptors (Lipinski definition) is 5. The van der Waals surface area contributed by atoms with Gasteiger partial charge in [-0.05, 0) is 6.07 Å². The quantitative estimate of drug-likeness (QED) is 0.591. The van der Waals surface area contributed by atoms with E-state index in [2.05, 4.69) is 10.4 Å². The molecule has 0 bridgehead atoms. The second-order valence-corrected chi connectivity index (χ2v) is 3.89. The standard InChI is InChI=1S/C9H11N3OS/c10-12-8(7-1-3-13-6-7)5-9-11-2-4-14-9/h1-4,6,8,12H,5,10H2. The van der Waals surface area contributed by atoms with Crippen molar-refractivity contribution in [2.75, 3.05) is 0 Å². The third kappa shape index (κ3) is 2.01. The molecule has 0 saturated heterocycles. The molecule has 2 heterocycles. The molecule has 0 saturated carbocycles. The van der Waals surface area contributed by atoms with Gasteiger partial charge in [-0.1, -0.05) is 0 Å². The number of nitrogens with two attached hydrogens (primary N) is 1. The lowest BCUT2D eigenvalue weighted by atomic mass is 10.1. The van der Waals surface area contributed by atoms with Crippen LogP contribution in [0.15, 0.2) is 34.6 Å². The van der Waals surface area contributed by atoms with Crippen LogP contribution in [0.1, 0.15) is 16.6 Å². The summed E-state index contributed by atoms with van der Waals surface area (Å²) in [6, 6.07) is 1.97. The molecule has 2 rings (SSSR count). The Hall–Kier alpha value is -1.17. The summed E-state index contributed by atoms with van der Waals surface area (Å²) in [5.74, 6) is 5.47. The van der Waals surface area contributed by atoms with Gasteiger partial charge in [-0.15, -0.1) is 11.3 Å². The largest absolute Gasteiger partial charge is 0.472 e. The summed E-state index contributed by atoms with van der Waals surface area (Å²) in [4.78, 5) is 4.21. The van der Waals surface area contributed by atoms with Crippen LogP contribution in [-0.2, 0) is 6.42 Å². The van der Waals surface area contributed by atoms with Gasteiger partial charge in [-0.25, -0.2) is 4.98 Å². The fourth-order valence-electron chi connectivity index (χ4n) is 1.27. The Morgan fingerprint density at radius 3 is 3.14 bits per heavy atom. The highest BCUT2D eigenvalue weighted by Gasteiger charge is 2.12. The van der Waals surface area contributed by atoms with Crippen molar-refractivity contribution in [3.63, 3.8) is 0 Å². The molecule has 4 nitrogen and oxygen atoms in total. The fourth-order valence-corrected chi connectivity index (χ4v) is 1.94. The van der Waals surface area contributed by atoms with Crippen molar-refractivity contribution in [2.24, 2.45) is 5.84 Å². The van der Waals surface area contributed by atoms with Crippen molar-refractivity contribution >= 4 is 11.3 Å². The maximum Gasteiger partial charge on any atom is 0.0951 e. The molecule has 0 aliphatic heterocycles. The van der Waals surface area contributed by atoms with Crippen LogP contribution >= 0.6 is 11.3 Å². The lowest BCUT2D eigenvalue weighted by Gasteiger charge is -2.11. The Morgan fingerprint density at radius 1 is 1.64 bits per heavy atom. The first kappa shape index (κ1) is 9.39. The van der Waals surface area contributed by atoms with E-state index in [1.54, 1.807) is 30.1 Å². The molecule has 1 unspecified atom stereocenters. The molecule has 0 amide bonds. The summed E-state index contributed by atoms with van der Waals surface area (Å²) >= 11 is 1.63. The van der Waals surface area contributed by atoms with Gasteiger partial charge in [0.05, 0.1) is 23.6 Å². The van der Waals surface area contributed by atoms with Gasteiger partial charge in [0.2, 0.25) is 0 Å². The van der Waals surface area contributed by atoms with Crippen LogP contribution in [0.5, 0.6) is 0 Å². The summed E-state index contributed by atoms with van der Waals surface area (Å²) < 4.78 is 5.00. The van der Waals surface area contributed by atoms with E-state index in [9.17, 15) is 0 Å². The van der Waals surface area contributed by atoms with Gasteiger partial charge in [0.1, 0.15) is 0 Å². The number of nitrogens with one attached hydrogen (secondary N) is 1. The van der Waals surface area contributed by atoms with E-state index in [1.807, 2.05) is 11.4 Å². The zero-order chi connectivity index (χ0) is 9.80. The summed E-state index contributed by atoms with van der Waals surface area (Å²) in [5.41, 5.74) is 3.79. The lowest BCUT2D eigenvalue weighted by Crippen LogP contribution is -2.29.